The second-order valence-electron chi connectivity index (χ2n) is 4.40. The smallest absolute Gasteiger partial charge is 0.418 e. The fourth-order valence-corrected chi connectivity index (χ4v) is 3.38. The van der Waals surface area contributed by atoms with Crippen LogP contribution in [0.2, 0.25) is 0 Å². The number of halogens is 4. The van der Waals surface area contributed by atoms with Crippen LogP contribution in [0.5, 0.6) is 0 Å². The number of nitrogens with zero attached hydrogens (tertiary/aromatic N) is 1. The second-order valence-corrected chi connectivity index (χ2v) is 7.07. The first-order valence-electron chi connectivity index (χ1n) is 6.17. The molecule has 0 radical (unpaired) electrons. The number of benzene rings is 1. The second kappa shape index (κ2) is 7.84. The lowest BCUT2D eigenvalue weighted by atomic mass is 10.3. The predicted octanol–water partition coefficient (Wildman–Crippen LogP) is 2.13. The van der Waals surface area contributed by atoms with Crippen LogP contribution in [0.25, 0.3) is 10.2 Å². The van der Waals surface area contributed by atoms with Crippen LogP contribution in [0.1, 0.15) is 12.6 Å². The van der Waals surface area contributed by atoms with Crippen molar-refractivity contribution >= 4 is 45.1 Å². The normalized spacial score (nSPS) is 13.3. The summed E-state index contributed by atoms with van der Waals surface area (Å²) in [6.07, 6.45) is 1.31. The van der Waals surface area contributed by atoms with Gasteiger partial charge in [-0.15, -0.1) is 0 Å². The van der Waals surface area contributed by atoms with Gasteiger partial charge in [-0.3, -0.25) is 0 Å². The molecule has 0 aliphatic heterocycles. The number of aldehydes is 1. The molecule has 0 aliphatic carbocycles. The molecule has 23 heavy (non-hydrogen) atoms. The summed E-state index contributed by atoms with van der Waals surface area (Å²) in [5.74, 6) is 0. The number of hydrogen-bond acceptors (Lipinski definition) is 4. The van der Waals surface area contributed by atoms with Gasteiger partial charge in [0.1, 0.15) is 11.0 Å². The molecule has 5 nitrogen and oxygen atoms in total. The summed E-state index contributed by atoms with van der Waals surface area (Å²) in [5.41, 5.74) is 2.72. The molecular weight excluding hydrogens is 359 g/mol. The summed E-state index contributed by atoms with van der Waals surface area (Å²) in [6.45, 7) is 0. The van der Waals surface area contributed by atoms with Gasteiger partial charge in [-0.25, -0.2) is 8.42 Å². The number of sulfonamides is 1. The first-order valence-corrected chi connectivity index (χ1v) is 8.94. The van der Waals surface area contributed by atoms with E-state index < -0.39 is 23.4 Å². The van der Waals surface area contributed by atoms with Crippen LogP contribution in [0, 0.1) is 0 Å². The van der Waals surface area contributed by atoms with E-state index in [4.69, 9.17) is 0 Å². The van der Waals surface area contributed by atoms with Gasteiger partial charge in [-0.2, -0.15) is 9.29 Å². The van der Waals surface area contributed by atoms with Crippen LogP contribution in [0.4, 0.5) is 17.3 Å². The number of nitrogens with one attached hydrogen (secondary N) is 1. The van der Waals surface area contributed by atoms with Gasteiger partial charge in [-0.1, -0.05) is 23.5 Å². The lowest BCUT2D eigenvalue weighted by Crippen LogP contribution is -2.48. The Kier molecular flexibility index (Phi) is 6.65. The zero-order valence-electron chi connectivity index (χ0n) is 11.8. The standard InChI is InChI=1S/C11H13N2O3S2.BF4/c1-18(15,16)12-11(6-7-14)13-8-17-10-5-3-2-4-9(10)13;2-1(3,4)5/h2-5,7-8,11-12H,6H2,1H3;/q+1;-1. The summed E-state index contributed by atoms with van der Waals surface area (Å²) in [6, 6.07) is 7.65. The number of aromatic nitrogens is 1. The Morgan fingerprint density at radius 3 is 2.39 bits per heavy atom. The number of fused-ring (bicyclic) bond motifs is 1. The number of para-hydroxylation sites is 1. The molecule has 128 valence electrons. The van der Waals surface area contributed by atoms with Gasteiger partial charge in [0.2, 0.25) is 27.2 Å². The SMILES string of the molecule is CS(=O)(=O)NC(CC=O)[n+]1csc2ccccc21.F[B-](F)(F)F. The minimum atomic E-state index is -6.00. The van der Waals surface area contributed by atoms with E-state index >= 15 is 0 Å². The lowest BCUT2D eigenvalue weighted by Gasteiger charge is -2.08. The molecule has 12 heteroatoms. The fraction of sp³-hybridized carbons (Fsp3) is 0.273. The van der Waals surface area contributed by atoms with E-state index in [1.807, 2.05) is 29.8 Å². The van der Waals surface area contributed by atoms with Crippen molar-refractivity contribution in [1.29, 1.82) is 0 Å². The molecule has 0 bridgehead atoms. The van der Waals surface area contributed by atoms with E-state index in [0.29, 0.717) is 6.29 Å². The number of carbonyl (C=O) groups excluding carboxylic acids is 1. The molecule has 0 spiro atoms. The lowest BCUT2D eigenvalue weighted by molar-refractivity contribution is -0.696. The van der Waals surface area contributed by atoms with Crippen LogP contribution in [0.3, 0.4) is 0 Å². The number of carbonyl (C=O) groups is 1. The van der Waals surface area contributed by atoms with Crippen LogP contribution < -0.4 is 9.29 Å². The average Bonchev–Trinajstić information content (AvgIpc) is 2.78. The molecule has 0 saturated heterocycles. The highest BCUT2D eigenvalue weighted by atomic mass is 32.2. The molecule has 1 N–H and O–H groups in total. The number of thiazole rings is 1. The molecule has 2 aromatic rings. The summed E-state index contributed by atoms with van der Waals surface area (Å²) < 4.78 is 66.9. The molecule has 0 aliphatic rings. The van der Waals surface area contributed by atoms with Crippen molar-refractivity contribution in [3.8, 4) is 0 Å². The molecule has 0 saturated carbocycles. The van der Waals surface area contributed by atoms with Crippen molar-refractivity contribution in [2.45, 2.75) is 12.6 Å². The van der Waals surface area contributed by atoms with E-state index in [-0.39, 0.29) is 6.42 Å². The van der Waals surface area contributed by atoms with E-state index in [0.717, 1.165) is 16.5 Å². The third-order valence-corrected chi connectivity index (χ3v) is 4.07. The third-order valence-electron chi connectivity index (χ3n) is 2.44. The van der Waals surface area contributed by atoms with Crippen molar-refractivity contribution in [1.82, 2.24) is 4.72 Å². The van der Waals surface area contributed by atoms with E-state index in [1.165, 1.54) is 11.3 Å². The van der Waals surface area contributed by atoms with Crippen molar-refractivity contribution in [3.63, 3.8) is 0 Å². The van der Waals surface area contributed by atoms with Gasteiger partial charge in [0.05, 0.1) is 12.7 Å². The van der Waals surface area contributed by atoms with Crippen molar-refractivity contribution in [2.24, 2.45) is 0 Å². The van der Waals surface area contributed by atoms with Gasteiger partial charge in [0.25, 0.3) is 0 Å². The highest BCUT2D eigenvalue weighted by molar-refractivity contribution is 7.88. The van der Waals surface area contributed by atoms with Gasteiger partial charge < -0.3 is 22.1 Å². The van der Waals surface area contributed by atoms with E-state index in [2.05, 4.69) is 4.72 Å². The Morgan fingerprint density at radius 2 is 1.87 bits per heavy atom. The van der Waals surface area contributed by atoms with Crippen LogP contribution >= 0.6 is 11.3 Å². The Balaban J connectivity index is 0.000000463. The zero-order chi connectivity index (χ0) is 17.7. The average molecular weight is 372 g/mol. The summed E-state index contributed by atoms with van der Waals surface area (Å²) in [5, 5.41) is 0. The summed E-state index contributed by atoms with van der Waals surface area (Å²) in [4.78, 5) is 10.7. The molecule has 1 unspecified atom stereocenters. The molecule has 1 atom stereocenters. The van der Waals surface area contributed by atoms with E-state index in [1.54, 1.807) is 4.57 Å². The molecular formula is C11H13BF4N2O3S2. The Bertz CT molecular complexity index is 758. The largest absolute Gasteiger partial charge is 0.673 e. The van der Waals surface area contributed by atoms with E-state index in [9.17, 15) is 30.5 Å². The van der Waals surface area contributed by atoms with Gasteiger partial charge in [-0.05, 0) is 6.07 Å². The van der Waals surface area contributed by atoms with Crippen LogP contribution in [-0.2, 0) is 14.8 Å². The minimum Gasteiger partial charge on any atom is -0.418 e. The zero-order valence-corrected chi connectivity index (χ0v) is 13.5. The molecule has 1 aromatic carbocycles. The van der Waals surface area contributed by atoms with Crippen molar-refractivity contribution < 1.29 is 35.0 Å². The quantitative estimate of drug-likeness (QED) is 0.379. The molecule has 0 fully saturated rings. The highest BCUT2D eigenvalue weighted by Crippen LogP contribution is 2.17. The summed E-state index contributed by atoms with van der Waals surface area (Å²) >= 11 is 1.51. The molecule has 1 aromatic heterocycles. The number of rotatable bonds is 5. The Morgan fingerprint density at radius 1 is 1.30 bits per heavy atom. The summed E-state index contributed by atoms with van der Waals surface area (Å²) in [7, 11) is -9.37. The molecule has 1 heterocycles. The first-order chi connectivity index (χ1) is 10.5. The van der Waals surface area contributed by atoms with Gasteiger partial charge in [0.15, 0.2) is 0 Å². The Hall–Kier alpha value is -1.53. The highest BCUT2D eigenvalue weighted by Gasteiger charge is 2.25. The first kappa shape index (κ1) is 19.5. The molecule has 2 rings (SSSR count). The maximum absolute atomic E-state index is 11.3. The Labute approximate surface area is 134 Å². The molecule has 0 amide bonds. The minimum absolute atomic E-state index is 0.0957. The maximum atomic E-state index is 11.3. The van der Waals surface area contributed by atoms with Gasteiger partial charge >= 0.3 is 7.25 Å². The van der Waals surface area contributed by atoms with Crippen LogP contribution in [-0.4, -0.2) is 28.2 Å². The van der Waals surface area contributed by atoms with Crippen molar-refractivity contribution in [2.75, 3.05) is 6.26 Å². The number of hydrogen-bond donors (Lipinski definition) is 1. The van der Waals surface area contributed by atoms with Crippen LogP contribution in [0.15, 0.2) is 29.8 Å². The van der Waals surface area contributed by atoms with Gasteiger partial charge in [0, 0.05) is 6.07 Å². The fourth-order valence-electron chi connectivity index (χ4n) is 1.74. The predicted molar refractivity (Wildman–Crippen MR) is 79.9 cm³/mol. The van der Waals surface area contributed by atoms with Crippen molar-refractivity contribution in [3.05, 3.63) is 29.8 Å². The third kappa shape index (κ3) is 7.52. The maximum Gasteiger partial charge on any atom is 0.673 e. The topological polar surface area (TPSA) is 67.1 Å². The monoisotopic (exact) mass is 372 g/mol.